The maximum Gasteiger partial charge on any atom is 0.0802 e. The molecule has 1 saturated carbocycles. The van der Waals surface area contributed by atoms with E-state index in [1.165, 1.54) is 6.42 Å². The zero-order valence-electron chi connectivity index (χ0n) is 11.9. The summed E-state index contributed by atoms with van der Waals surface area (Å²) in [5.74, 6) is 0.265. The number of aliphatic hydroxyl groups is 2. The zero-order chi connectivity index (χ0) is 14.4. The summed E-state index contributed by atoms with van der Waals surface area (Å²) in [6.07, 6.45) is 8.34. The Morgan fingerprint density at radius 1 is 1.30 bits per heavy atom. The smallest absolute Gasteiger partial charge is 0.0802 e. The van der Waals surface area contributed by atoms with Gasteiger partial charge in [-0.1, -0.05) is 43.2 Å². The molecule has 3 nitrogen and oxygen atoms in total. The lowest BCUT2D eigenvalue weighted by Gasteiger charge is -2.24. The summed E-state index contributed by atoms with van der Waals surface area (Å²) in [5.41, 5.74) is 7.45. The lowest BCUT2D eigenvalue weighted by atomic mass is 9.86. The molecule has 20 heavy (non-hydrogen) atoms. The number of rotatable bonds is 5. The van der Waals surface area contributed by atoms with Gasteiger partial charge in [0.05, 0.1) is 12.2 Å². The van der Waals surface area contributed by atoms with E-state index in [-0.39, 0.29) is 12.0 Å². The fourth-order valence-electron chi connectivity index (χ4n) is 2.79. The van der Waals surface area contributed by atoms with E-state index in [9.17, 15) is 10.2 Å². The van der Waals surface area contributed by atoms with Gasteiger partial charge in [0.25, 0.3) is 0 Å². The first kappa shape index (κ1) is 15.2. The van der Waals surface area contributed by atoms with Crippen LogP contribution in [0.1, 0.15) is 49.3 Å². The standard InChI is InChI=1S/C17H25NO2/c18-11-10-17(20)15-6-3-4-13(12-15)8-9-14-5-1-2-7-16(14)19/h3-4,6,8-9,12,14,16-17,19-20H,1-2,5,7,10-11,18H2/b9-8+. The molecule has 1 aliphatic rings. The van der Waals surface area contributed by atoms with Crippen molar-refractivity contribution in [2.45, 2.75) is 44.3 Å². The van der Waals surface area contributed by atoms with Crippen LogP contribution in [0.15, 0.2) is 30.3 Å². The van der Waals surface area contributed by atoms with Crippen LogP contribution in [0.2, 0.25) is 0 Å². The summed E-state index contributed by atoms with van der Waals surface area (Å²) in [6, 6.07) is 7.88. The Balaban J connectivity index is 2.03. The minimum Gasteiger partial charge on any atom is -0.393 e. The van der Waals surface area contributed by atoms with Crippen molar-refractivity contribution < 1.29 is 10.2 Å². The van der Waals surface area contributed by atoms with E-state index in [4.69, 9.17) is 5.73 Å². The van der Waals surface area contributed by atoms with Crippen molar-refractivity contribution in [3.63, 3.8) is 0 Å². The van der Waals surface area contributed by atoms with Crippen LogP contribution in [0, 0.1) is 5.92 Å². The van der Waals surface area contributed by atoms with Crippen molar-refractivity contribution in [3.8, 4) is 0 Å². The Morgan fingerprint density at radius 3 is 2.85 bits per heavy atom. The van der Waals surface area contributed by atoms with Gasteiger partial charge >= 0.3 is 0 Å². The lowest BCUT2D eigenvalue weighted by Crippen LogP contribution is -2.22. The van der Waals surface area contributed by atoms with Gasteiger partial charge < -0.3 is 15.9 Å². The van der Waals surface area contributed by atoms with Gasteiger partial charge in [0.15, 0.2) is 0 Å². The van der Waals surface area contributed by atoms with Crippen molar-refractivity contribution in [1.82, 2.24) is 0 Å². The summed E-state index contributed by atoms with van der Waals surface area (Å²) >= 11 is 0. The molecule has 1 aromatic rings. The molecule has 0 radical (unpaired) electrons. The number of hydrogen-bond acceptors (Lipinski definition) is 3. The molecule has 0 heterocycles. The molecule has 0 spiro atoms. The van der Waals surface area contributed by atoms with E-state index in [1.807, 2.05) is 24.3 Å². The Kier molecular flexibility index (Phi) is 5.77. The van der Waals surface area contributed by atoms with Crippen LogP contribution < -0.4 is 5.73 Å². The van der Waals surface area contributed by atoms with Gasteiger partial charge in [-0.15, -0.1) is 0 Å². The number of aliphatic hydroxyl groups excluding tert-OH is 2. The van der Waals surface area contributed by atoms with Crippen LogP contribution in [0.25, 0.3) is 6.08 Å². The van der Waals surface area contributed by atoms with Crippen molar-refractivity contribution in [1.29, 1.82) is 0 Å². The van der Waals surface area contributed by atoms with Gasteiger partial charge in [-0.3, -0.25) is 0 Å². The molecule has 0 saturated heterocycles. The zero-order valence-corrected chi connectivity index (χ0v) is 11.9. The van der Waals surface area contributed by atoms with Crippen LogP contribution in [-0.2, 0) is 0 Å². The highest BCUT2D eigenvalue weighted by molar-refractivity contribution is 5.51. The van der Waals surface area contributed by atoms with Gasteiger partial charge in [0, 0.05) is 5.92 Å². The highest BCUT2D eigenvalue weighted by Crippen LogP contribution is 2.26. The first-order valence-corrected chi connectivity index (χ1v) is 7.55. The molecule has 0 aromatic heterocycles. The minimum absolute atomic E-state index is 0.203. The predicted molar refractivity (Wildman–Crippen MR) is 82.1 cm³/mol. The molecule has 110 valence electrons. The Hall–Kier alpha value is -1.16. The highest BCUT2D eigenvalue weighted by Gasteiger charge is 2.20. The van der Waals surface area contributed by atoms with Crippen molar-refractivity contribution >= 4 is 6.08 Å². The van der Waals surface area contributed by atoms with E-state index in [0.29, 0.717) is 13.0 Å². The second kappa shape index (κ2) is 7.58. The van der Waals surface area contributed by atoms with E-state index in [2.05, 4.69) is 12.2 Å². The molecule has 3 heteroatoms. The fourth-order valence-corrected chi connectivity index (χ4v) is 2.79. The lowest BCUT2D eigenvalue weighted by molar-refractivity contribution is 0.0931. The molecule has 0 bridgehead atoms. The molecule has 2 rings (SSSR count). The third-order valence-electron chi connectivity index (χ3n) is 4.05. The van der Waals surface area contributed by atoms with Crippen molar-refractivity contribution in [2.24, 2.45) is 11.7 Å². The summed E-state index contributed by atoms with van der Waals surface area (Å²) in [4.78, 5) is 0. The molecule has 0 amide bonds. The van der Waals surface area contributed by atoms with Crippen LogP contribution >= 0.6 is 0 Å². The molecular weight excluding hydrogens is 250 g/mol. The summed E-state index contributed by atoms with van der Waals surface area (Å²) in [5, 5.41) is 19.9. The SMILES string of the molecule is NCCC(O)c1cccc(/C=C/C2CCCCC2O)c1. The highest BCUT2D eigenvalue weighted by atomic mass is 16.3. The minimum atomic E-state index is -0.492. The largest absolute Gasteiger partial charge is 0.393 e. The molecule has 1 aromatic carbocycles. The third-order valence-corrected chi connectivity index (χ3v) is 4.05. The van der Waals surface area contributed by atoms with Crippen LogP contribution in [0.3, 0.4) is 0 Å². The van der Waals surface area contributed by atoms with Gasteiger partial charge in [-0.05, 0) is 43.0 Å². The van der Waals surface area contributed by atoms with E-state index >= 15 is 0 Å². The van der Waals surface area contributed by atoms with Crippen LogP contribution in [0.5, 0.6) is 0 Å². The molecule has 3 atom stereocenters. The molecule has 0 aliphatic heterocycles. The predicted octanol–water partition coefficient (Wildman–Crippen LogP) is 2.63. The molecule has 4 N–H and O–H groups in total. The first-order chi connectivity index (χ1) is 9.70. The molecular formula is C17H25NO2. The quantitative estimate of drug-likeness (QED) is 0.774. The second-order valence-corrected chi connectivity index (χ2v) is 5.64. The molecule has 3 unspecified atom stereocenters. The molecule has 1 fully saturated rings. The van der Waals surface area contributed by atoms with E-state index in [0.717, 1.165) is 30.4 Å². The van der Waals surface area contributed by atoms with Crippen molar-refractivity contribution in [3.05, 3.63) is 41.5 Å². The Labute approximate surface area is 121 Å². The normalized spacial score (nSPS) is 24.9. The fraction of sp³-hybridized carbons (Fsp3) is 0.529. The topological polar surface area (TPSA) is 66.5 Å². The first-order valence-electron chi connectivity index (χ1n) is 7.55. The number of hydrogen-bond donors (Lipinski definition) is 3. The average Bonchev–Trinajstić information content (AvgIpc) is 2.47. The summed E-state index contributed by atoms with van der Waals surface area (Å²) < 4.78 is 0. The van der Waals surface area contributed by atoms with E-state index in [1.54, 1.807) is 0 Å². The van der Waals surface area contributed by atoms with Crippen LogP contribution in [0.4, 0.5) is 0 Å². The monoisotopic (exact) mass is 275 g/mol. The summed E-state index contributed by atoms with van der Waals surface area (Å²) in [7, 11) is 0. The average molecular weight is 275 g/mol. The van der Waals surface area contributed by atoms with Gasteiger partial charge in [0.2, 0.25) is 0 Å². The third kappa shape index (κ3) is 4.17. The number of nitrogens with two attached hydrogens (primary N) is 1. The maximum atomic E-state index is 9.96. The van der Waals surface area contributed by atoms with Gasteiger partial charge in [-0.2, -0.15) is 0 Å². The van der Waals surface area contributed by atoms with Crippen LogP contribution in [-0.4, -0.2) is 22.9 Å². The Morgan fingerprint density at radius 2 is 2.10 bits per heavy atom. The maximum absolute atomic E-state index is 9.96. The number of benzene rings is 1. The second-order valence-electron chi connectivity index (χ2n) is 5.64. The Bertz CT molecular complexity index is 444. The van der Waals surface area contributed by atoms with Crippen molar-refractivity contribution in [2.75, 3.05) is 6.54 Å². The van der Waals surface area contributed by atoms with Gasteiger partial charge in [0.1, 0.15) is 0 Å². The summed E-state index contributed by atoms with van der Waals surface area (Å²) in [6.45, 7) is 0.482. The molecule has 1 aliphatic carbocycles. The van der Waals surface area contributed by atoms with Gasteiger partial charge in [-0.25, -0.2) is 0 Å². The van der Waals surface area contributed by atoms with E-state index < -0.39 is 6.10 Å².